The van der Waals surface area contributed by atoms with Gasteiger partial charge in [-0.05, 0) is 42.6 Å². The number of anilines is 1. The predicted octanol–water partition coefficient (Wildman–Crippen LogP) is 5.66. The molecule has 6 heteroatoms. The zero-order valence-corrected chi connectivity index (χ0v) is 17.0. The summed E-state index contributed by atoms with van der Waals surface area (Å²) in [5.74, 6) is -1.36. The lowest BCUT2D eigenvalue weighted by Gasteiger charge is -2.15. The second-order valence-electron chi connectivity index (χ2n) is 6.85. The topological polar surface area (TPSA) is 56.5 Å². The number of hydrogen-bond donors (Lipinski definition) is 2. The van der Waals surface area contributed by atoms with Gasteiger partial charge in [0.25, 0.3) is 0 Å². The maximum atomic E-state index is 14.6. The van der Waals surface area contributed by atoms with E-state index < -0.39 is 17.4 Å². The first kappa shape index (κ1) is 21.6. The van der Waals surface area contributed by atoms with E-state index in [2.05, 4.69) is 5.32 Å². The molecule has 3 rings (SSSR count). The Kier molecular flexibility index (Phi) is 7.63. The number of benzene rings is 3. The number of nitrogens with one attached hydrogen (secondary N) is 1. The van der Waals surface area contributed by atoms with Gasteiger partial charge >= 0.3 is 0 Å². The molecule has 0 heterocycles. The third-order valence-electron chi connectivity index (χ3n) is 4.57. The maximum Gasteiger partial charge on any atom is 0.198 e. The summed E-state index contributed by atoms with van der Waals surface area (Å²) in [7, 11) is 0. The van der Waals surface area contributed by atoms with Gasteiger partial charge in [0.05, 0.1) is 0 Å². The monoisotopic (exact) mass is 412 g/mol. The minimum atomic E-state index is -0.793. The van der Waals surface area contributed by atoms with Crippen LogP contribution in [0.2, 0.25) is 0 Å². The Bertz CT molecular complexity index is 942. The average molecular weight is 412 g/mol. The molecule has 0 fully saturated rings. The van der Waals surface area contributed by atoms with Gasteiger partial charge in [-0.2, -0.15) is 0 Å². The highest BCUT2D eigenvalue weighted by molar-refractivity contribution is 5.51. The van der Waals surface area contributed by atoms with Crippen LogP contribution in [-0.2, 0) is 13.0 Å². The molecule has 0 aliphatic carbocycles. The van der Waals surface area contributed by atoms with Crippen LogP contribution in [0.5, 0.6) is 17.2 Å². The summed E-state index contributed by atoms with van der Waals surface area (Å²) in [6, 6.07) is 17.4. The van der Waals surface area contributed by atoms with Gasteiger partial charge < -0.3 is 20.5 Å². The van der Waals surface area contributed by atoms with Crippen molar-refractivity contribution in [2.24, 2.45) is 5.73 Å². The third kappa shape index (κ3) is 5.70. The minimum Gasteiger partial charge on any atom is -0.485 e. The zero-order valence-electron chi connectivity index (χ0n) is 17.0. The Morgan fingerprint density at radius 3 is 2.30 bits per heavy atom. The summed E-state index contributed by atoms with van der Waals surface area (Å²) in [6.07, 6.45) is 1.50. The van der Waals surface area contributed by atoms with Crippen molar-refractivity contribution < 1.29 is 18.3 Å². The highest BCUT2D eigenvalue weighted by Crippen LogP contribution is 2.36. The number of ether oxygens (including phenoxy) is 2. The average Bonchev–Trinajstić information content (AvgIpc) is 2.76. The van der Waals surface area contributed by atoms with Gasteiger partial charge in [-0.15, -0.1) is 0 Å². The Morgan fingerprint density at radius 2 is 1.63 bits per heavy atom. The molecule has 3 aromatic rings. The number of aryl methyl sites for hydroxylation is 1. The van der Waals surface area contributed by atoms with E-state index in [0.717, 1.165) is 17.5 Å². The molecular formula is C24H26F2N2O2. The van der Waals surface area contributed by atoms with E-state index in [4.69, 9.17) is 15.2 Å². The molecule has 0 atom stereocenters. The molecule has 0 radical (unpaired) electrons. The van der Waals surface area contributed by atoms with Crippen LogP contribution < -0.4 is 20.5 Å². The van der Waals surface area contributed by atoms with E-state index in [9.17, 15) is 8.78 Å². The quantitative estimate of drug-likeness (QED) is 0.422. The van der Waals surface area contributed by atoms with Crippen molar-refractivity contribution >= 4 is 5.69 Å². The van der Waals surface area contributed by atoms with Crippen LogP contribution >= 0.6 is 0 Å². The van der Waals surface area contributed by atoms with Gasteiger partial charge in [-0.3, -0.25) is 0 Å². The minimum absolute atomic E-state index is 0.254. The molecule has 0 amide bonds. The van der Waals surface area contributed by atoms with Crippen LogP contribution in [0.1, 0.15) is 24.5 Å². The first-order valence-electron chi connectivity index (χ1n) is 10.0. The molecule has 3 aromatic carbocycles. The van der Waals surface area contributed by atoms with Crippen LogP contribution in [-0.4, -0.2) is 13.1 Å². The molecule has 0 aromatic heterocycles. The van der Waals surface area contributed by atoms with Gasteiger partial charge in [0.15, 0.2) is 28.9 Å². The Morgan fingerprint density at radius 1 is 0.900 bits per heavy atom. The molecule has 0 unspecified atom stereocenters. The SMILES string of the molecule is CCc1ccc(Oc2c(F)cc(NCCCN)cc2F)c(OCc2ccccc2)c1. The zero-order chi connectivity index (χ0) is 21.3. The number of rotatable bonds is 10. The van der Waals surface area contributed by atoms with Gasteiger partial charge in [0.1, 0.15) is 6.61 Å². The highest BCUT2D eigenvalue weighted by Gasteiger charge is 2.17. The number of nitrogens with two attached hydrogens (primary N) is 1. The van der Waals surface area contributed by atoms with Crippen molar-refractivity contribution in [3.63, 3.8) is 0 Å². The molecule has 4 nitrogen and oxygen atoms in total. The van der Waals surface area contributed by atoms with Gasteiger partial charge in [0.2, 0.25) is 0 Å². The van der Waals surface area contributed by atoms with Crippen molar-refractivity contribution in [3.8, 4) is 17.2 Å². The van der Waals surface area contributed by atoms with Gasteiger partial charge in [0, 0.05) is 24.4 Å². The smallest absolute Gasteiger partial charge is 0.198 e. The van der Waals surface area contributed by atoms with E-state index in [0.29, 0.717) is 37.6 Å². The van der Waals surface area contributed by atoms with E-state index >= 15 is 0 Å². The molecule has 0 saturated carbocycles. The fourth-order valence-electron chi connectivity index (χ4n) is 2.91. The maximum absolute atomic E-state index is 14.6. The number of hydrogen-bond acceptors (Lipinski definition) is 4. The molecule has 0 saturated heterocycles. The van der Waals surface area contributed by atoms with Crippen LogP contribution in [0.15, 0.2) is 60.7 Å². The molecular weight excluding hydrogens is 386 g/mol. The summed E-state index contributed by atoms with van der Waals surface area (Å²) in [4.78, 5) is 0. The first-order valence-corrected chi connectivity index (χ1v) is 10.0. The first-order chi connectivity index (χ1) is 14.6. The standard InChI is InChI=1S/C24H26F2N2O2/c1-2-17-9-10-22(23(13-17)29-16-18-7-4-3-5-8-18)30-24-20(25)14-19(15-21(24)26)28-12-6-11-27/h3-5,7-10,13-15,28H,2,6,11-12,16,27H2,1H3. The fraction of sp³-hybridized carbons (Fsp3) is 0.250. The molecule has 3 N–H and O–H groups in total. The van der Waals surface area contributed by atoms with Crippen molar-refractivity contribution in [2.75, 3.05) is 18.4 Å². The summed E-state index contributed by atoms with van der Waals surface area (Å²) < 4.78 is 40.7. The summed E-state index contributed by atoms with van der Waals surface area (Å²) in [6.45, 7) is 3.37. The molecule has 0 aliphatic rings. The van der Waals surface area contributed by atoms with E-state index in [1.54, 1.807) is 6.07 Å². The molecule has 0 aliphatic heterocycles. The third-order valence-corrected chi connectivity index (χ3v) is 4.57. The van der Waals surface area contributed by atoms with Crippen LogP contribution in [0.25, 0.3) is 0 Å². The lowest BCUT2D eigenvalue weighted by Crippen LogP contribution is -2.09. The van der Waals surface area contributed by atoms with Crippen molar-refractivity contribution in [1.82, 2.24) is 0 Å². The highest BCUT2D eigenvalue weighted by atomic mass is 19.1. The Balaban J connectivity index is 1.81. The predicted molar refractivity (Wildman–Crippen MR) is 115 cm³/mol. The van der Waals surface area contributed by atoms with Crippen molar-refractivity contribution in [2.45, 2.75) is 26.4 Å². The van der Waals surface area contributed by atoms with Crippen LogP contribution in [0, 0.1) is 11.6 Å². The summed E-state index contributed by atoms with van der Waals surface area (Å²) in [5, 5.41) is 2.94. The molecule has 0 spiro atoms. The lowest BCUT2D eigenvalue weighted by atomic mass is 10.1. The second kappa shape index (κ2) is 10.6. The summed E-state index contributed by atoms with van der Waals surface area (Å²) in [5.41, 5.74) is 7.79. The molecule has 158 valence electrons. The normalized spacial score (nSPS) is 10.7. The molecule has 0 bridgehead atoms. The fourth-order valence-corrected chi connectivity index (χ4v) is 2.91. The second-order valence-corrected chi connectivity index (χ2v) is 6.85. The van der Waals surface area contributed by atoms with Crippen LogP contribution in [0.3, 0.4) is 0 Å². The van der Waals surface area contributed by atoms with Crippen molar-refractivity contribution in [1.29, 1.82) is 0 Å². The number of halogens is 2. The van der Waals surface area contributed by atoms with Crippen molar-refractivity contribution in [3.05, 3.63) is 83.4 Å². The summed E-state index contributed by atoms with van der Waals surface area (Å²) >= 11 is 0. The van der Waals surface area contributed by atoms with Gasteiger partial charge in [-0.1, -0.05) is 43.3 Å². The largest absolute Gasteiger partial charge is 0.485 e. The van der Waals surface area contributed by atoms with E-state index in [1.165, 1.54) is 12.1 Å². The van der Waals surface area contributed by atoms with E-state index in [-0.39, 0.29) is 5.75 Å². The van der Waals surface area contributed by atoms with E-state index in [1.807, 2.05) is 49.4 Å². The molecule has 30 heavy (non-hydrogen) atoms. The lowest BCUT2D eigenvalue weighted by molar-refractivity contribution is 0.287. The Labute approximate surface area is 175 Å². The Hall–Kier alpha value is -3.12. The van der Waals surface area contributed by atoms with Crippen LogP contribution in [0.4, 0.5) is 14.5 Å². The van der Waals surface area contributed by atoms with Gasteiger partial charge in [-0.25, -0.2) is 8.78 Å².